The molecule has 2 nitrogen and oxygen atoms in total. The van der Waals surface area contributed by atoms with Crippen LogP contribution in [0.15, 0.2) is 42.5 Å². The van der Waals surface area contributed by atoms with Gasteiger partial charge in [0.2, 0.25) is 0 Å². The molecule has 2 aromatic carbocycles. The summed E-state index contributed by atoms with van der Waals surface area (Å²) >= 11 is 0. The normalized spacial score (nSPS) is 10.2. The average Bonchev–Trinajstić information content (AvgIpc) is 2.34. The van der Waals surface area contributed by atoms with E-state index in [1.807, 2.05) is 0 Å². The van der Waals surface area contributed by atoms with Crippen LogP contribution in [-0.2, 0) is 0 Å². The van der Waals surface area contributed by atoms with Crippen LogP contribution in [0.4, 0.5) is 18.9 Å². The third-order valence-corrected chi connectivity index (χ3v) is 2.30. The lowest BCUT2D eigenvalue weighted by Crippen LogP contribution is -2.13. The molecular formula is C13H8F3NO. The summed E-state index contributed by atoms with van der Waals surface area (Å²) in [6.07, 6.45) is 0. The summed E-state index contributed by atoms with van der Waals surface area (Å²) in [5.41, 5.74) is -0.107. The summed E-state index contributed by atoms with van der Waals surface area (Å²) in [5, 5.41) is 2.28. The van der Waals surface area contributed by atoms with Gasteiger partial charge in [-0.2, -0.15) is 0 Å². The molecule has 92 valence electrons. The standard InChI is InChI=1S/C13H8F3NO/c14-10-4-2-1-3-9(10)13(18)17-8-5-6-11(15)12(16)7-8/h1-7H,(H,17,18). The summed E-state index contributed by atoms with van der Waals surface area (Å²) in [6.45, 7) is 0. The Bertz CT molecular complexity index is 599. The van der Waals surface area contributed by atoms with Gasteiger partial charge >= 0.3 is 0 Å². The maximum Gasteiger partial charge on any atom is 0.258 e. The van der Waals surface area contributed by atoms with Crippen molar-refractivity contribution in [1.82, 2.24) is 0 Å². The number of hydrogen-bond acceptors (Lipinski definition) is 1. The van der Waals surface area contributed by atoms with E-state index in [9.17, 15) is 18.0 Å². The van der Waals surface area contributed by atoms with E-state index in [0.717, 1.165) is 18.2 Å². The number of rotatable bonds is 2. The smallest absolute Gasteiger partial charge is 0.258 e. The highest BCUT2D eigenvalue weighted by Crippen LogP contribution is 2.15. The number of halogens is 3. The topological polar surface area (TPSA) is 29.1 Å². The SMILES string of the molecule is O=C(Nc1ccc(F)c(F)c1)c1ccccc1F. The zero-order valence-corrected chi connectivity index (χ0v) is 9.08. The van der Waals surface area contributed by atoms with Crippen molar-refractivity contribution in [3.05, 3.63) is 65.5 Å². The number of hydrogen-bond donors (Lipinski definition) is 1. The van der Waals surface area contributed by atoms with Crippen molar-refractivity contribution in [3.63, 3.8) is 0 Å². The van der Waals surface area contributed by atoms with Gasteiger partial charge in [0.05, 0.1) is 5.56 Å². The van der Waals surface area contributed by atoms with Crippen molar-refractivity contribution in [1.29, 1.82) is 0 Å². The van der Waals surface area contributed by atoms with Crippen molar-refractivity contribution >= 4 is 11.6 Å². The molecular weight excluding hydrogens is 243 g/mol. The summed E-state index contributed by atoms with van der Waals surface area (Å²) in [7, 11) is 0. The lowest BCUT2D eigenvalue weighted by Gasteiger charge is -2.06. The zero-order chi connectivity index (χ0) is 13.1. The Balaban J connectivity index is 2.22. The molecule has 0 aliphatic carbocycles. The quantitative estimate of drug-likeness (QED) is 0.871. The highest BCUT2D eigenvalue weighted by molar-refractivity contribution is 6.04. The predicted molar refractivity (Wildman–Crippen MR) is 60.7 cm³/mol. The summed E-state index contributed by atoms with van der Waals surface area (Å²) in [5.74, 6) is -3.50. The highest BCUT2D eigenvalue weighted by atomic mass is 19.2. The van der Waals surface area contributed by atoms with Crippen LogP contribution in [0.2, 0.25) is 0 Å². The molecule has 0 saturated heterocycles. The number of anilines is 1. The zero-order valence-electron chi connectivity index (χ0n) is 9.08. The third kappa shape index (κ3) is 2.51. The molecule has 0 saturated carbocycles. The van der Waals surface area contributed by atoms with Gasteiger partial charge < -0.3 is 5.32 Å². The van der Waals surface area contributed by atoms with Gasteiger partial charge in [-0.1, -0.05) is 12.1 Å². The van der Waals surface area contributed by atoms with E-state index in [1.54, 1.807) is 0 Å². The number of carbonyl (C=O) groups excluding carboxylic acids is 1. The van der Waals surface area contributed by atoms with Crippen molar-refractivity contribution in [2.45, 2.75) is 0 Å². The Morgan fingerprint density at radius 2 is 1.61 bits per heavy atom. The maximum atomic E-state index is 13.3. The van der Waals surface area contributed by atoms with Crippen molar-refractivity contribution in [3.8, 4) is 0 Å². The molecule has 1 amide bonds. The second-order valence-electron chi connectivity index (χ2n) is 3.56. The molecule has 18 heavy (non-hydrogen) atoms. The van der Waals surface area contributed by atoms with Crippen LogP contribution in [0.5, 0.6) is 0 Å². The molecule has 2 aromatic rings. The van der Waals surface area contributed by atoms with E-state index in [-0.39, 0.29) is 11.3 Å². The molecule has 0 aliphatic heterocycles. The minimum Gasteiger partial charge on any atom is -0.322 e. The van der Waals surface area contributed by atoms with Crippen LogP contribution < -0.4 is 5.32 Å². The lowest BCUT2D eigenvalue weighted by atomic mass is 10.2. The number of benzene rings is 2. The Morgan fingerprint density at radius 1 is 0.889 bits per heavy atom. The first-order valence-corrected chi connectivity index (χ1v) is 5.09. The van der Waals surface area contributed by atoms with Crippen molar-refractivity contribution in [2.75, 3.05) is 5.32 Å². The fourth-order valence-electron chi connectivity index (χ4n) is 1.42. The van der Waals surface area contributed by atoms with Crippen LogP contribution in [0, 0.1) is 17.5 Å². The van der Waals surface area contributed by atoms with Crippen molar-refractivity contribution in [2.24, 2.45) is 0 Å². The first-order valence-electron chi connectivity index (χ1n) is 5.09. The molecule has 0 fully saturated rings. The summed E-state index contributed by atoms with van der Waals surface area (Å²) < 4.78 is 38.9. The van der Waals surface area contributed by atoms with Gasteiger partial charge in [-0.05, 0) is 24.3 Å². The monoisotopic (exact) mass is 251 g/mol. The van der Waals surface area contributed by atoms with Gasteiger partial charge in [-0.3, -0.25) is 4.79 Å². The molecule has 0 aromatic heterocycles. The molecule has 0 atom stereocenters. The van der Waals surface area contributed by atoms with Gasteiger partial charge in [-0.15, -0.1) is 0 Å². The minimum absolute atomic E-state index is 0.0575. The van der Waals surface area contributed by atoms with Crippen LogP contribution in [0.3, 0.4) is 0 Å². The van der Waals surface area contributed by atoms with Crippen LogP contribution in [0.25, 0.3) is 0 Å². The van der Waals surface area contributed by atoms with E-state index in [2.05, 4.69) is 5.32 Å². The van der Waals surface area contributed by atoms with Gasteiger partial charge in [0, 0.05) is 11.8 Å². The first kappa shape index (κ1) is 12.2. The second-order valence-corrected chi connectivity index (χ2v) is 3.56. The third-order valence-electron chi connectivity index (χ3n) is 2.30. The molecule has 0 radical (unpaired) electrons. The van der Waals surface area contributed by atoms with E-state index < -0.39 is 23.4 Å². The molecule has 0 aliphatic rings. The molecule has 0 spiro atoms. The van der Waals surface area contributed by atoms with E-state index >= 15 is 0 Å². The van der Waals surface area contributed by atoms with Gasteiger partial charge in [0.15, 0.2) is 11.6 Å². The van der Waals surface area contributed by atoms with Crippen LogP contribution >= 0.6 is 0 Å². The Kier molecular flexibility index (Phi) is 3.32. The van der Waals surface area contributed by atoms with E-state index in [4.69, 9.17) is 0 Å². The number of amides is 1. The minimum atomic E-state index is -1.08. The van der Waals surface area contributed by atoms with Gasteiger partial charge in [0.1, 0.15) is 5.82 Å². The fraction of sp³-hybridized carbons (Fsp3) is 0. The first-order chi connectivity index (χ1) is 8.58. The predicted octanol–water partition coefficient (Wildman–Crippen LogP) is 3.36. The molecule has 0 unspecified atom stereocenters. The number of carbonyl (C=O) groups is 1. The summed E-state index contributed by atoms with van der Waals surface area (Å²) in [6, 6.07) is 8.29. The largest absolute Gasteiger partial charge is 0.322 e. The van der Waals surface area contributed by atoms with Crippen LogP contribution in [0.1, 0.15) is 10.4 Å². The maximum absolute atomic E-state index is 13.3. The van der Waals surface area contributed by atoms with Crippen LogP contribution in [-0.4, -0.2) is 5.91 Å². The molecule has 2 rings (SSSR count). The van der Waals surface area contributed by atoms with Gasteiger partial charge in [0.25, 0.3) is 5.91 Å². The number of nitrogens with one attached hydrogen (secondary N) is 1. The molecule has 0 heterocycles. The van der Waals surface area contributed by atoms with Gasteiger partial charge in [-0.25, -0.2) is 13.2 Å². The Labute approximate surface area is 101 Å². The average molecular weight is 251 g/mol. The van der Waals surface area contributed by atoms with Crippen molar-refractivity contribution < 1.29 is 18.0 Å². The Hall–Kier alpha value is -2.30. The molecule has 0 bridgehead atoms. The summed E-state index contributed by atoms with van der Waals surface area (Å²) in [4.78, 5) is 11.7. The van der Waals surface area contributed by atoms with E-state index in [1.165, 1.54) is 24.3 Å². The molecule has 5 heteroatoms. The lowest BCUT2D eigenvalue weighted by molar-refractivity contribution is 0.102. The second kappa shape index (κ2) is 4.91. The fourth-order valence-corrected chi connectivity index (χ4v) is 1.42. The Morgan fingerprint density at radius 3 is 2.28 bits per heavy atom. The highest BCUT2D eigenvalue weighted by Gasteiger charge is 2.11. The van der Waals surface area contributed by atoms with E-state index in [0.29, 0.717) is 0 Å². The molecule has 1 N–H and O–H groups in total.